The predicted octanol–water partition coefficient (Wildman–Crippen LogP) is 1.54. The van der Waals surface area contributed by atoms with Crippen LogP contribution in [0.5, 0.6) is 5.75 Å². The van der Waals surface area contributed by atoms with Crippen LogP contribution in [-0.2, 0) is 0 Å². The van der Waals surface area contributed by atoms with Crippen molar-refractivity contribution in [2.75, 3.05) is 0 Å². The first-order valence-corrected chi connectivity index (χ1v) is 5.62. The van der Waals surface area contributed by atoms with E-state index in [0.717, 1.165) is 0 Å². The van der Waals surface area contributed by atoms with Crippen LogP contribution in [0.25, 0.3) is 0 Å². The zero-order chi connectivity index (χ0) is 15.3. The predicted molar refractivity (Wildman–Crippen MR) is 68.0 cm³/mol. The highest BCUT2D eigenvalue weighted by atomic mass is 19.3. The molecule has 1 rings (SSSR count). The number of halogens is 2. The first kappa shape index (κ1) is 15.7. The topological polar surface area (TPSA) is 96.9 Å². The van der Waals surface area contributed by atoms with Crippen molar-refractivity contribution < 1.29 is 23.5 Å². The van der Waals surface area contributed by atoms with Crippen LogP contribution in [0.3, 0.4) is 0 Å². The Labute approximate surface area is 114 Å². The fraction of sp³-hybridized carbons (Fsp3) is 0.333. The van der Waals surface area contributed by atoms with Gasteiger partial charge in [-0.3, -0.25) is 4.79 Å². The molecule has 1 amide bonds. The second-order valence-electron chi connectivity index (χ2n) is 4.44. The summed E-state index contributed by atoms with van der Waals surface area (Å²) in [6, 6.07) is 5.54. The summed E-state index contributed by atoms with van der Waals surface area (Å²) in [5, 5.41) is 13.9. The third-order valence-electron chi connectivity index (χ3n) is 2.52. The smallest absolute Gasteiger partial charge is 0.387 e. The number of nitrogens with two attached hydrogens (primary N) is 1. The molecule has 0 aliphatic heterocycles. The number of hydrogen-bond donors (Lipinski definition) is 3. The number of oxime groups is 1. The fourth-order valence-corrected chi connectivity index (χ4v) is 1.39. The summed E-state index contributed by atoms with van der Waals surface area (Å²) in [6.07, 6.45) is 0. The minimum Gasteiger partial charge on any atom is -0.434 e. The van der Waals surface area contributed by atoms with Crippen molar-refractivity contribution in [1.29, 1.82) is 0 Å². The molecule has 1 aromatic carbocycles. The Morgan fingerprint density at radius 1 is 1.45 bits per heavy atom. The summed E-state index contributed by atoms with van der Waals surface area (Å²) in [4.78, 5) is 12.1. The molecule has 6 nitrogen and oxygen atoms in total. The summed E-state index contributed by atoms with van der Waals surface area (Å²) in [5.74, 6) is -1.16. The Morgan fingerprint density at radius 2 is 2.05 bits per heavy atom. The Hall–Kier alpha value is -2.38. The summed E-state index contributed by atoms with van der Waals surface area (Å²) < 4.78 is 28.8. The molecule has 0 saturated heterocycles. The molecule has 0 aromatic heterocycles. The molecule has 1 aromatic rings. The van der Waals surface area contributed by atoms with E-state index in [-0.39, 0.29) is 17.1 Å². The van der Waals surface area contributed by atoms with Gasteiger partial charge in [-0.2, -0.15) is 8.78 Å². The lowest BCUT2D eigenvalue weighted by molar-refractivity contribution is -0.0501. The molecule has 0 saturated carbocycles. The van der Waals surface area contributed by atoms with E-state index in [2.05, 4.69) is 15.2 Å². The molecule has 0 aliphatic rings. The number of ether oxygens (including phenoxy) is 1. The molecule has 0 heterocycles. The van der Waals surface area contributed by atoms with Gasteiger partial charge < -0.3 is 21.0 Å². The Kier molecular flexibility index (Phi) is 4.84. The van der Waals surface area contributed by atoms with Crippen molar-refractivity contribution in [3.8, 4) is 5.75 Å². The van der Waals surface area contributed by atoms with E-state index in [1.54, 1.807) is 0 Å². The summed E-state index contributed by atoms with van der Waals surface area (Å²) in [5.41, 5.74) is 4.20. The van der Waals surface area contributed by atoms with Crippen LogP contribution in [0.4, 0.5) is 8.78 Å². The maximum Gasteiger partial charge on any atom is 0.387 e. The molecule has 0 bridgehead atoms. The third kappa shape index (κ3) is 3.81. The van der Waals surface area contributed by atoms with Crippen LogP contribution >= 0.6 is 0 Å². The number of amidine groups is 1. The monoisotopic (exact) mass is 287 g/mol. The van der Waals surface area contributed by atoms with Crippen molar-refractivity contribution in [1.82, 2.24) is 5.32 Å². The van der Waals surface area contributed by atoms with E-state index in [9.17, 15) is 13.6 Å². The van der Waals surface area contributed by atoms with Crippen molar-refractivity contribution in [2.45, 2.75) is 26.0 Å². The van der Waals surface area contributed by atoms with Crippen molar-refractivity contribution >= 4 is 11.7 Å². The number of rotatable bonds is 5. The number of amides is 1. The number of carbonyl (C=O) groups excluding carboxylic acids is 1. The summed E-state index contributed by atoms with van der Waals surface area (Å²) in [7, 11) is 0. The molecule has 0 spiro atoms. The quantitative estimate of drug-likeness (QED) is 0.331. The Bertz CT molecular complexity index is 518. The first-order valence-electron chi connectivity index (χ1n) is 5.62. The Balaban J connectivity index is 2.99. The lowest BCUT2D eigenvalue weighted by atomic mass is 10.0. The molecule has 0 unspecified atom stereocenters. The largest absolute Gasteiger partial charge is 0.434 e. The summed E-state index contributed by atoms with van der Waals surface area (Å²) >= 11 is 0. The molecule has 20 heavy (non-hydrogen) atoms. The number of alkyl halides is 2. The van der Waals surface area contributed by atoms with Gasteiger partial charge in [-0.1, -0.05) is 17.3 Å². The van der Waals surface area contributed by atoms with Gasteiger partial charge in [-0.25, -0.2) is 0 Å². The molecule has 0 radical (unpaired) electrons. The lowest BCUT2D eigenvalue weighted by Gasteiger charge is -2.25. The average molecular weight is 287 g/mol. The van der Waals surface area contributed by atoms with Gasteiger partial charge in [0.1, 0.15) is 5.75 Å². The fourth-order valence-electron chi connectivity index (χ4n) is 1.39. The first-order chi connectivity index (χ1) is 9.27. The van der Waals surface area contributed by atoms with Crippen molar-refractivity contribution in [2.24, 2.45) is 10.9 Å². The van der Waals surface area contributed by atoms with Crippen molar-refractivity contribution in [3.63, 3.8) is 0 Å². The number of hydrogen-bond acceptors (Lipinski definition) is 4. The number of para-hydroxylation sites is 1. The molecular weight excluding hydrogens is 272 g/mol. The van der Waals surface area contributed by atoms with Crippen LogP contribution in [0.2, 0.25) is 0 Å². The zero-order valence-corrected chi connectivity index (χ0v) is 10.9. The van der Waals surface area contributed by atoms with Crippen LogP contribution < -0.4 is 15.8 Å². The number of nitrogens with zero attached hydrogens (tertiary/aromatic N) is 1. The molecule has 8 heteroatoms. The van der Waals surface area contributed by atoms with Gasteiger partial charge in [-0.15, -0.1) is 0 Å². The van der Waals surface area contributed by atoms with E-state index >= 15 is 0 Å². The normalized spacial score (nSPS) is 12.3. The minimum atomic E-state index is -3.04. The van der Waals surface area contributed by atoms with Crippen LogP contribution in [0.15, 0.2) is 29.4 Å². The van der Waals surface area contributed by atoms with Gasteiger partial charge in [0.05, 0.1) is 11.1 Å². The van der Waals surface area contributed by atoms with Gasteiger partial charge in [0.25, 0.3) is 5.91 Å². The summed E-state index contributed by atoms with van der Waals surface area (Å²) in [6.45, 7) is -0.0476. The maximum absolute atomic E-state index is 12.3. The second kappa shape index (κ2) is 6.18. The molecule has 0 atom stereocenters. The molecule has 0 aliphatic carbocycles. The lowest BCUT2D eigenvalue weighted by Crippen LogP contribution is -2.53. The van der Waals surface area contributed by atoms with Gasteiger partial charge >= 0.3 is 6.61 Å². The van der Waals surface area contributed by atoms with Gasteiger partial charge in [-0.05, 0) is 26.0 Å². The van der Waals surface area contributed by atoms with Crippen LogP contribution in [0, 0.1) is 0 Å². The van der Waals surface area contributed by atoms with Crippen LogP contribution in [-0.4, -0.2) is 29.1 Å². The van der Waals surface area contributed by atoms with Crippen LogP contribution in [0.1, 0.15) is 24.2 Å². The molecule has 0 fully saturated rings. The highest BCUT2D eigenvalue weighted by molar-refractivity contribution is 6.01. The second-order valence-corrected chi connectivity index (χ2v) is 4.44. The average Bonchev–Trinajstić information content (AvgIpc) is 2.37. The minimum absolute atomic E-state index is 0.0772. The standard InChI is InChI=1S/C12H15F2N3O3/c1-12(2,10(15)17-19)16-9(18)7-5-3-4-6-8(7)20-11(13)14/h3-6,11,19H,1-2H3,(H2,15,17)(H,16,18). The van der Waals surface area contributed by atoms with E-state index in [1.807, 2.05) is 0 Å². The Morgan fingerprint density at radius 3 is 2.60 bits per heavy atom. The third-order valence-corrected chi connectivity index (χ3v) is 2.52. The van der Waals surface area contributed by atoms with E-state index in [0.29, 0.717) is 0 Å². The van der Waals surface area contributed by atoms with E-state index in [1.165, 1.54) is 38.1 Å². The number of carbonyl (C=O) groups is 1. The molecule has 4 N–H and O–H groups in total. The van der Waals surface area contributed by atoms with E-state index in [4.69, 9.17) is 10.9 Å². The number of nitrogens with one attached hydrogen (secondary N) is 1. The maximum atomic E-state index is 12.3. The molecular formula is C12H15F2N3O3. The van der Waals surface area contributed by atoms with Gasteiger partial charge in [0.15, 0.2) is 5.84 Å². The number of benzene rings is 1. The van der Waals surface area contributed by atoms with E-state index < -0.39 is 18.1 Å². The SMILES string of the molecule is CC(C)(NC(=O)c1ccccc1OC(F)F)/C(N)=N/O. The molecule has 110 valence electrons. The van der Waals surface area contributed by atoms with Gasteiger partial charge in [0.2, 0.25) is 0 Å². The van der Waals surface area contributed by atoms with Crippen molar-refractivity contribution in [3.05, 3.63) is 29.8 Å². The van der Waals surface area contributed by atoms with Gasteiger partial charge in [0, 0.05) is 0 Å². The highest BCUT2D eigenvalue weighted by Crippen LogP contribution is 2.20. The zero-order valence-electron chi connectivity index (χ0n) is 10.9. The highest BCUT2D eigenvalue weighted by Gasteiger charge is 2.27.